The molecule has 34 heavy (non-hydrogen) atoms. The third-order valence-corrected chi connectivity index (χ3v) is 7.16. The number of imide groups is 1. The summed E-state index contributed by atoms with van der Waals surface area (Å²) >= 11 is 1.24. The lowest BCUT2D eigenvalue weighted by atomic mass is 9.96. The molecule has 180 valence electrons. The van der Waals surface area contributed by atoms with Gasteiger partial charge >= 0.3 is 6.03 Å². The molecule has 4 unspecified atom stereocenters. The highest BCUT2D eigenvalue weighted by molar-refractivity contribution is 8.00. The smallest absolute Gasteiger partial charge is 0.327 e. The molecule has 0 spiro atoms. The van der Waals surface area contributed by atoms with Crippen LogP contribution in [0.3, 0.4) is 0 Å². The van der Waals surface area contributed by atoms with E-state index >= 15 is 0 Å². The van der Waals surface area contributed by atoms with E-state index in [0.29, 0.717) is 5.75 Å². The molecule has 0 saturated carbocycles. The fourth-order valence-corrected chi connectivity index (χ4v) is 5.21. The number of benzene rings is 2. The zero-order chi connectivity index (χ0) is 24.4. The Morgan fingerprint density at radius 3 is 2.50 bits per heavy atom. The quantitative estimate of drug-likeness (QED) is 0.574. The number of urea groups is 1. The molecule has 0 aromatic heterocycles. The van der Waals surface area contributed by atoms with Crippen LogP contribution in [-0.4, -0.2) is 66.1 Å². The number of halogens is 1. The van der Waals surface area contributed by atoms with Gasteiger partial charge in [-0.2, -0.15) is 0 Å². The van der Waals surface area contributed by atoms with Gasteiger partial charge < -0.3 is 15.0 Å². The fourth-order valence-electron chi connectivity index (χ4n) is 4.10. The third kappa shape index (κ3) is 4.72. The minimum Gasteiger partial charge on any atom is -0.497 e. The molecule has 2 aliphatic heterocycles. The zero-order valence-corrected chi connectivity index (χ0v) is 19.8. The molecule has 2 aromatic carbocycles. The summed E-state index contributed by atoms with van der Waals surface area (Å²) in [5.41, 5.74) is 0.979. The summed E-state index contributed by atoms with van der Waals surface area (Å²) in [5.74, 6) is -1.20. The Kier molecular flexibility index (Phi) is 7.05. The number of nitrogens with one attached hydrogen (secondary N) is 3. The van der Waals surface area contributed by atoms with Gasteiger partial charge in [0, 0.05) is 14.1 Å². The van der Waals surface area contributed by atoms with Crippen molar-refractivity contribution in [3.05, 3.63) is 59.9 Å². The minimum atomic E-state index is -0.631. The van der Waals surface area contributed by atoms with Gasteiger partial charge in [0.2, 0.25) is 11.8 Å². The summed E-state index contributed by atoms with van der Waals surface area (Å²) in [6.07, 6.45) is -0.956. The number of methoxy groups -OCH3 is 1. The second kappa shape index (κ2) is 10.00. The number of anilines is 1. The number of carbonyl (C=O) groups excluding carboxylic acids is 3. The first-order chi connectivity index (χ1) is 16.3. The van der Waals surface area contributed by atoms with Crippen molar-refractivity contribution < 1.29 is 23.5 Å². The lowest BCUT2D eigenvalue weighted by molar-refractivity contribution is -0.140. The average Bonchev–Trinajstić information content (AvgIpc) is 2.85. The van der Waals surface area contributed by atoms with Crippen LogP contribution in [0, 0.1) is 11.7 Å². The summed E-state index contributed by atoms with van der Waals surface area (Å²) in [5, 5.41) is 8.81. The Balaban J connectivity index is 1.54. The van der Waals surface area contributed by atoms with E-state index in [1.165, 1.54) is 35.8 Å². The number of carbonyl (C=O) groups is 3. The summed E-state index contributed by atoms with van der Waals surface area (Å²) in [6, 6.07) is 12.9. The van der Waals surface area contributed by atoms with Gasteiger partial charge in [-0.3, -0.25) is 25.1 Å². The van der Waals surface area contributed by atoms with Crippen LogP contribution in [0.15, 0.2) is 48.5 Å². The molecular formula is C23H26FN5O4S. The topological polar surface area (TPSA) is 103 Å². The predicted octanol–water partition coefficient (Wildman–Crippen LogP) is 2.19. The van der Waals surface area contributed by atoms with E-state index in [4.69, 9.17) is 4.74 Å². The maximum atomic E-state index is 13.9. The van der Waals surface area contributed by atoms with E-state index in [0.717, 1.165) is 10.5 Å². The molecule has 0 radical (unpaired) electrons. The Morgan fingerprint density at radius 1 is 1.12 bits per heavy atom. The minimum absolute atomic E-state index is 0.0147. The summed E-state index contributed by atoms with van der Waals surface area (Å²) in [7, 11) is 4.67. The number of thioether (sulfide) groups is 1. The fraction of sp³-hybridized carbons (Fsp3) is 0.348. The number of nitrogens with zero attached hydrogens (tertiary/aromatic N) is 2. The van der Waals surface area contributed by atoms with Crippen LogP contribution >= 0.6 is 11.8 Å². The lowest BCUT2D eigenvalue weighted by Crippen LogP contribution is -2.72. The van der Waals surface area contributed by atoms with Gasteiger partial charge in [-0.25, -0.2) is 9.18 Å². The molecule has 2 aromatic rings. The molecule has 2 fully saturated rings. The van der Waals surface area contributed by atoms with Crippen molar-refractivity contribution in [1.29, 1.82) is 0 Å². The van der Waals surface area contributed by atoms with Gasteiger partial charge in [0.1, 0.15) is 11.6 Å². The number of hydrogen-bond donors (Lipinski definition) is 3. The second-order valence-electron chi connectivity index (χ2n) is 8.06. The zero-order valence-electron chi connectivity index (χ0n) is 18.9. The molecule has 3 N–H and O–H groups in total. The Hall–Kier alpha value is -3.15. The van der Waals surface area contributed by atoms with Crippen LogP contribution in [0.1, 0.15) is 11.7 Å². The van der Waals surface area contributed by atoms with E-state index in [1.54, 1.807) is 26.3 Å². The first-order valence-corrected chi connectivity index (χ1v) is 11.7. The molecule has 2 saturated heterocycles. The molecule has 11 heteroatoms. The van der Waals surface area contributed by atoms with E-state index in [2.05, 4.69) is 16.0 Å². The van der Waals surface area contributed by atoms with Crippen LogP contribution in [0.4, 0.5) is 14.9 Å². The molecule has 9 nitrogen and oxygen atoms in total. The molecule has 4 amide bonds. The highest BCUT2D eigenvalue weighted by atomic mass is 32.2. The van der Waals surface area contributed by atoms with Crippen molar-refractivity contribution in [2.45, 2.75) is 17.7 Å². The van der Waals surface area contributed by atoms with Crippen LogP contribution < -0.4 is 20.7 Å². The maximum absolute atomic E-state index is 13.9. The van der Waals surface area contributed by atoms with Gasteiger partial charge in [0.25, 0.3) is 0 Å². The van der Waals surface area contributed by atoms with Gasteiger partial charge in [0.15, 0.2) is 0 Å². The monoisotopic (exact) mass is 487 g/mol. The first-order valence-electron chi connectivity index (χ1n) is 10.7. The summed E-state index contributed by atoms with van der Waals surface area (Å²) in [6.45, 7) is 0. The van der Waals surface area contributed by atoms with E-state index in [1.807, 2.05) is 24.3 Å². The number of para-hydroxylation sites is 1. The lowest BCUT2D eigenvalue weighted by Gasteiger charge is -2.50. The number of ether oxygens (including phenoxy) is 1. The number of amides is 4. The standard InChI is InChI=1S/C23H26FN5O4S/c1-28-20-18(22(31)29(2)23(28)32)21(27-19(26-20)13-8-10-14(33-3)11-9-13)34-12-17(30)25-16-7-5-4-6-15(16)24/h4-11,18-21,26-27H,12H2,1-3H3,(H,25,30). The van der Waals surface area contributed by atoms with Crippen molar-refractivity contribution in [3.8, 4) is 5.75 Å². The van der Waals surface area contributed by atoms with Crippen LogP contribution in [-0.2, 0) is 9.59 Å². The average molecular weight is 488 g/mol. The molecular weight excluding hydrogens is 461 g/mol. The summed E-state index contributed by atoms with van der Waals surface area (Å²) < 4.78 is 19.1. The van der Waals surface area contributed by atoms with Gasteiger partial charge in [0.05, 0.1) is 42.2 Å². The Morgan fingerprint density at radius 2 is 1.82 bits per heavy atom. The van der Waals surface area contributed by atoms with Gasteiger partial charge in [-0.05, 0) is 29.8 Å². The van der Waals surface area contributed by atoms with E-state index in [-0.39, 0.29) is 23.5 Å². The molecule has 4 atom stereocenters. The number of rotatable bonds is 6. The Bertz CT molecular complexity index is 1090. The van der Waals surface area contributed by atoms with Crippen molar-refractivity contribution in [2.75, 3.05) is 32.3 Å². The van der Waals surface area contributed by atoms with Crippen LogP contribution in [0.25, 0.3) is 0 Å². The second-order valence-corrected chi connectivity index (χ2v) is 9.19. The van der Waals surface area contributed by atoms with Crippen molar-refractivity contribution in [3.63, 3.8) is 0 Å². The number of hydrogen-bond acceptors (Lipinski definition) is 7. The first kappa shape index (κ1) is 24.0. The van der Waals surface area contributed by atoms with Crippen molar-refractivity contribution in [1.82, 2.24) is 20.4 Å². The van der Waals surface area contributed by atoms with Gasteiger partial charge in [-0.1, -0.05) is 24.3 Å². The SMILES string of the molecule is COc1ccc(C2NC(SCC(=O)Nc3ccccc3F)C3C(=O)N(C)C(=O)N(C)C3N2)cc1. The van der Waals surface area contributed by atoms with Gasteiger partial charge in [-0.15, -0.1) is 11.8 Å². The predicted molar refractivity (Wildman–Crippen MR) is 126 cm³/mol. The Labute approximate surface area is 201 Å². The molecule has 0 bridgehead atoms. The van der Waals surface area contributed by atoms with E-state index < -0.39 is 35.2 Å². The maximum Gasteiger partial charge on any atom is 0.327 e. The largest absolute Gasteiger partial charge is 0.497 e. The molecule has 4 rings (SSSR count). The highest BCUT2D eigenvalue weighted by Gasteiger charge is 2.51. The van der Waals surface area contributed by atoms with Crippen LogP contribution in [0.2, 0.25) is 0 Å². The third-order valence-electron chi connectivity index (χ3n) is 5.95. The van der Waals surface area contributed by atoms with E-state index in [9.17, 15) is 18.8 Å². The molecule has 0 aliphatic carbocycles. The van der Waals surface area contributed by atoms with Crippen molar-refractivity contribution >= 4 is 35.3 Å². The highest BCUT2D eigenvalue weighted by Crippen LogP contribution is 2.34. The summed E-state index contributed by atoms with van der Waals surface area (Å²) in [4.78, 5) is 40.7. The van der Waals surface area contributed by atoms with Crippen LogP contribution in [0.5, 0.6) is 5.75 Å². The van der Waals surface area contributed by atoms with Crippen molar-refractivity contribution in [2.24, 2.45) is 5.92 Å². The molecule has 2 heterocycles. The normalized spacial score (nSPS) is 24.6. The molecule has 2 aliphatic rings. The number of fused-ring (bicyclic) bond motifs is 1.